The number of hydrogen-bond acceptors (Lipinski definition) is 13. The summed E-state index contributed by atoms with van der Waals surface area (Å²) < 4.78 is 0.790. The first-order chi connectivity index (χ1) is 17.6. The van der Waals surface area contributed by atoms with Gasteiger partial charge in [-0.1, -0.05) is 39.9 Å². The Kier molecular flexibility index (Phi) is 7.23. The van der Waals surface area contributed by atoms with E-state index in [0.717, 1.165) is 27.8 Å². The molecule has 194 valence electrons. The Morgan fingerprint density at radius 1 is 1.38 bits per heavy atom. The van der Waals surface area contributed by atoms with E-state index < -0.39 is 39.7 Å². The molecule has 0 aromatic carbocycles. The number of β-lactam (4-membered cyclic amide) rings is 1. The molecule has 0 aliphatic carbocycles. The number of thiophene rings is 1. The Hall–Kier alpha value is -1.89. The number of thioether (sulfide) groups is 2. The second-order valence-corrected chi connectivity index (χ2v) is 14.9. The number of oxime groups is 1. The molecule has 2 unspecified atom stereocenters. The van der Waals surface area contributed by atoms with Crippen LogP contribution in [0, 0.1) is 0 Å². The lowest BCUT2D eigenvalue weighted by molar-refractivity contribution is -0.151. The highest BCUT2D eigenvalue weighted by molar-refractivity contribution is 9.10. The number of nitrogens with zero attached hydrogens (tertiary/aromatic N) is 3. The highest BCUT2D eigenvalue weighted by atomic mass is 79.9. The Balaban J connectivity index is 1.34. The minimum atomic E-state index is -1.41. The number of halogens is 2. The molecular weight excluding hydrogens is 670 g/mol. The fraction of sp³-hybridized carbons (Fsp3) is 0.263. The summed E-state index contributed by atoms with van der Waals surface area (Å²) in [5.41, 5.74) is 4.77. The summed E-state index contributed by atoms with van der Waals surface area (Å²) in [7, 11) is 0. The largest absolute Gasteiger partial charge is 0.480 e. The lowest BCUT2D eigenvalue weighted by atomic mass is 10.0. The van der Waals surface area contributed by atoms with Gasteiger partial charge in [0, 0.05) is 12.3 Å². The normalized spacial score (nSPS) is 23.6. The van der Waals surface area contributed by atoms with Crippen molar-refractivity contribution >= 4 is 123 Å². The molecule has 5 rings (SSSR count). The van der Waals surface area contributed by atoms with E-state index in [4.69, 9.17) is 17.3 Å². The summed E-state index contributed by atoms with van der Waals surface area (Å²) in [5.74, 6) is -2.38. The van der Waals surface area contributed by atoms with Crippen molar-refractivity contribution in [2.24, 2.45) is 5.16 Å². The third-order valence-corrected chi connectivity index (χ3v) is 13.4. The van der Waals surface area contributed by atoms with Crippen LogP contribution in [0.2, 0.25) is 4.34 Å². The molecule has 11 nitrogen and oxygen atoms in total. The number of carboxylic acids is 1. The molecule has 5 N–H and O–H groups in total. The number of rotatable bonds is 6. The Bertz CT molecular complexity index is 1560. The first kappa shape index (κ1) is 26.7. The van der Waals surface area contributed by atoms with E-state index in [1.807, 2.05) is 6.07 Å². The number of carbonyl (C=O) groups excluding carboxylic acids is 2. The van der Waals surface area contributed by atoms with Crippen molar-refractivity contribution in [3.63, 3.8) is 0 Å². The first-order valence-corrected chi connectivity index (χ1v) is 15.6. The van der Waals surface area contributed by atoms with Crippen molar-refractivity contribution in [2.45, 2.75) is 20.4 Å². The maximum absolute atomic E-state index is 13.0. The van der Waals surface area contributed by atoms with Crippen LogP contribution in [0.4, 0.5) is 5.13 Å². The highest BCUT2D eigenvalue weighted by Gasteiger charge is 2.58. The smallest absolute Gasteiger partial charge is 0.322 e. The van der Waals surface area contributed by atoms with Gasteiger partial charge in [-0.15, -0.1) is 34.4 Å². The number of fused-ring (bicyclic) bond motifs is 2. The first-order valence-electron chi connectivity index (χ1n) is 10.1. The number of nitrogens with one attached hydrogen (secondary N) is 1. The number of nitrogen functional groups attached to an aromatic ring is 1. The van der Waals surface area contributed by atoms with Gasteiger partial charge < -0.3 is 26.3 Å². The molecule has 0 bridgehead atoms. The van der Waals surface area contributed by atoms with Crippen LogP contribution < -0.4 is 16.5 Å². The Morgan fingerprint density at radius 3 is 2.78 bits per heavy atom. The number of thiazole rings is 1. The zero-order valence-corrected chi connectivity index (χ0v) is 24.4. The molecule has 2 amide bonds. The SMILES string of the molecule is Nc1nc(C(=NO)C(=O)NC2C(=O)N3CC(Sc4sc5ccsc5c(=O)c4Br)(C(=O)O)CS[C@H]23)c(Cl)s1. The fourth-order valence-corrected chi connectivity index (χ4v) is 10.9. The molecule has 5 heterocycles. The molecule has 3 aromatic rings. The molecule has 0 radical (unpaired) electrons. The van der Waals surface area contributed by atoms with Crippen LogP contribution in [0.3, 0.4) is 0 Å². The molecule has 2 saturated heterocycles. The fourth-order valence-electron chi connectivity index (χ4n) is 3.78. The van der Waals surface area contributed by atoms with Crippen molar-refractivity contribution in [3.05, 3.63) is 36.2 Å². The number of carbonyl (C=O) groups is 3. The van der Waals surface area contributed by atoms with Crippen LogP contribution in [0.5, 0.6) is 0 Å². The molecule has 3 atom stereocenters. The molecule has 3 aromatic heterocycles. The van der Waals surface area contributed by atoms with Gasteiger partial charge in [-0.05, 0) is 27.4 Å². The average molecular weight is 683 g/mol. The molecule has 0 spiro atoms. The number of nitrogens with two attached hydrogens (primary N) is 1. The van der Waals surface area contributed by atoms with E-state index in [-0.39, 0.29) is 32.9 Å². The predicted molar refractivity (Wildman–Crippen MR) is 150 cm³/mol. The molecular formula is C19H13BrClN5O6S5. The topological polar surface area (TPSA) is 175 Å². The summed E-state index contributed by atoms with van der Waals surface area (Å²) >= 11 is 15.1. The number of hydrogen-bond donors (Lipinski definition) is 4. The van der Waals surface area contributed by atoms with Gasteiger partial charge >= 0.3 is 5.97 Å². The van der Waals surface area contributed by atoms with E-state index in [1.54, 1.807) is 5.38 Å². The number of aromatic nitrogens is 1. The third kappa shape index (κ3) is 4.53. The quantitative estimate of drug-likeness (QED) is 0.131. The van der Waals surface area contributed by atoms with Gasteiger partial charge in [0.25, 0.3) is 5.91 Å². The highest BCUT2D eigenvalue weighted by Crippen LogP contribution is 2.49. The van der Waals surface area contributed by atoms with Gasteiger partial charge in [-0.25, -0.2) is 4.98 Å². The summed E-state index contributed by atoms with van der Waals surface area (Å²) in [5, 5.41) is 26.3. The third-order valence-electron chi connectivity index (χ3n) is 5.58. The van der Waals surface area contributed by atoms with E-state index in [2.05, 4.69) is 31.4 Å². The van der Waals surface area contributed by atoms with Crippen molar-refractivity contribution in [1.82, 2.24) is 15.2 Å². The van der Waals surface area contributed by atoms with Crippen LogP contribution in [-0.2, 0) is 14.4 Å². The van der Waals surface area contributed by atoms with E-state index >= 15 is 0 Å². The van der Waals surface area contributed by atoms with Gasteiger partial charge in [0.1, 0.15) is 26.2 Å². The molecule has 18 heteroatoms. The van der Waals surface area contributed by atoms with Crippen LogP contribution in [0.15, 0.2) is 30.1 Å². The summed E-state index contributed by atoms with van der Waals surface area (Å²) in [6.45, 7) is -0.125. The maximum atomic E-state index is 13.0. The number of amides is 2. The average Bonchev–Trinajstić information content (AvgIpc) is 3.46. The minimum Gasteiger partial charge on any atom is -0.480 e. The Labute approximate surface area is 241 Å². The number of carboxylic acid groups (broad SMARTS) is 1. The summed E-state index contributed by atoms with van der Waals surface area (Å²) in [6, 6.07) is 0.844. The zero-order valence-electron chi connectivity index (χ0n) is 18.0. The van der Waals surface area contributed by atoms with Crippen molar-refractivity contribution in [2.75, 3.05) is 18.0 Å². The van der Waals surface area contributed by atoms with Gasteiger partial charge in [0.05, 0.1) is 18.1 Å². The van der Waals surface area contributed by atoms with Gasteiger partial charge in [-0.3, -0.25) is 19.2 Å². The van der Waals surface area contributed by atoms with E-state index in [9.17, 15) is 29.5 Å². The van der Waals surface area contributed by atoms with Gasteiger partial charge in [0.2, 0.25) is 11.3 Å². The van der Waals surface area contributed by atoms with Crippen LogP contribution in [0.1, 0.15) is 5.69 Å². The van der Waals surface area contributed by atoms with E-state index in [1.165, 1.54) is 39.3 Å². The molecule has 37 heavy (non-hydrogen) atoms. The van der Waals surface area contributed by atoms with Gasteiger partial charge in [-0.2, -0.15) is 0 Å². The lowest BCUT2D eigenvalue weighted by Gasteiger charge is -2.53. The van der Waals surface area contributed by atoms with Crippen molar-refractivity contribution in [3.8, 4) is 0 Å². The second-order valence-electron chi connectivity index (χ2n) is 7.79. The minimum absolute atomic E-state index is 0.0476. The van der Waals surface area contributed by atoms with Gasteiger partial charge in [0.15, 0.2) is 10.8 Å². The standard InChI is InChI=1S/C19H13BrClN5O6S5/c20-6-10(27)11-5(1-2-33-11)35-16(6)37-19(17(30)31)3-26-14(29)9(15(26)34-4-19)23-13(28)8(25-32)7-12(21)36-18(22)24-7/h1-2,9,15,32H,3-4H2,(H2,22,24)(H,23,28)(H,30,31)/t9?,15-,19?/m1/s1. The second kappa shape index (κ2) is 10.0. The monoisotopic (exact) mass is 681 g/mol. The van der Waals surface area contributed by atoms with Crippen LogP contribution >= 0.6 is 85.1 Å². The molecule has 0 saturated carbocycles. The Morgan fingerprint density at radius 2 is 2.14 bits per heavy atom. The molecule has 2 aliphatic rings. The van der Waals surface area contributed by atoms with Crippen molar-refractivity contribution < 1.29 is 24.7 Å². The number of aliphatic carboxylic acids is 1. The predicted octanol–water partition coefficient (Wildman–Crippen LogP) is 2.97. The number of anilines is 1. The summed E-state index contributed by atoms with van der Waals surface area (Å²) in [4.78, 5) is 56.1. The molecule has 2 aliphatic heterocycles. The maximum Gasteiger partial charge on any atom is 0.322 e. The van der Waals surface area contributed by atoms with Crippen molar-refractivity contribution in [1.29, 1.82) is 0 Å². The summed E-state index contributed by atoms with van der Waals surface area (Å²) in [6.07, 6.45) is 0. The molecule has 2 fully saturated rings. The lowest BCUT2D eigenvalue weighted by Crippen LogP contribution is -2.74. The van der Waals surface area contributed by atoms with Crippen LogP contribution in [-0.4, -0.2) is 72.2 Å². The van der Waals surface area contributed by atoms with Crippen LogP contribution in [0.25, 0.3) is 9.40 Å². The zero-order chi connectivity index (χ0) is 26.6. The van der Waals surface area contributed by atoms with E-state index in [0.29, 0.717) is 13.4 Å².